The molecule has 3 atom stereocenters. The summed E-state index contributed by atoms with van der Waals surface area (Å²) in [6, 6.07) is 0.121. The molecule has 2 aliphatic heterocycles. The summed E-state index contributed by atoms with van der Waals surface area (Å²) in [4.78, 5) is 2.19. The van der Waals surface area contributed by atoms with E-state index in [-0.39, 0.29) is 11.8 Å². The van der Waals surface area contributed by atoms with Gasteiger partial charge in [0.1, 0.15) is 5.72 Å². The maximum absolute atomic E-state index is 5.91. The highest BCUT2D eigenvalue weighted by Gasteiger charge is 2.50. The summed E-state index contributed by atoms with van der Waals surface area (Å²) in [6.07, 6.45) is 6.38. The van der Waals surface area contributed by atoms with E-state index in [0.29, 0.717) is 12.5 Å². The Morgan fingerprint density at radius 2 is 2.29 bits per heavy atom. The third-order valence-corrected chi connectivity index (χ3v) is 3.49. The van der Waals surface area contributed by atoms with E-state index in [1.54, 1.807) is 0 Å². The highest BCUT2D eigenvalue weighted by Crippen LogP contribution is 2.38. The lowest BCUT2D eigenvalue weighted by Crippen LogP contribution is -2.54. The molecule has 3 nitrogen and oxygen atoms in total. The van der Waals surface area contributed by atoms with Crippen LogP contribution in [-0.2, 0) is 9.47 Å². The van der Waals surface area contributed by atoms with Crippen LogP contribution in [0.4, 0.5) is 0 Å². The molecule has 14 heavy (non-hydrogen) atoms. The van der Waals surface area contributed by atoms with Crippen LogP contribution in [0.1, 0.15) is 13.3 Å². The summed E-state index contributed by atoms with van der Waals surface area (Å²) in [6.45, 7) is 4.35. The van der Waals surface area contributed by atoms with Crippen LogP contribution in [0.3, 0.4) is 0 Å². The van der Waals surface area contributed by atoms with Crippen LogP contribution in [0.25, 0.3) is 0 Å². The SMILES string of the molecule is C#C[C@@H]1CO[C@]2(CCOC[C@@H]2C)N1C. The predicted molar refractivity (Wildman–Crippen MR) is 53.7 cm³/mol. The lowest BCUT2D eigenvalue weighted by molar-refractivity contribution is -0.173. The average Bonchev–Trinajstić information content (AvgIpc) is 2.51. The Hall–Kier alpha value is -0.560. The smallest absolute Gasteiger partial charge is 0.129 e. The molecular weight excluding hydrogens is 178 g/mol. The second-order valence-corrected chi connectivity index (χ2v) is 4.18. The van der Waals surface area contributed by atoms with E-state index in [9.17, 15) is 0 Å². The Labute approximate surface area is 85.4 Å². The predicted octanol–water partition coefficient (Wildman–Crippen LogP) is 0.703. The molecule has 2 saturated heterocycles. The quantitative estimate of drug-likeness (QED) is 0.531. The number of nitrogens with zero attached hydrogens (tertiary/aromatic N) is 1. The molecule has 1 spiro atoms. The molecule has 0 aliphatic carbocycles. The Bertz CT molecular complexity index is 261. The van der Waals surface area contributed by atoms with Gasteiger partial charge in [-0.25, -0.2) is 0 Å². The minimum Gasteiger partial charge on any atom is -0.381 e. The summed E-state index contributed by atoms with van der Waals surface area (Å²) in [5.74, 6) is 3.15. The van der Waals surface area contributed by atoms with E-state index in [1.165, 1.54) is 0 Å². The van der Waals surface area contributed by atoms with E-state index in [1.807, 2.05) is 0 Å². The topological polar surface area (TPSA) is 21.7 Å². The first-order valence-corrected chi connectivity index (χ1v) is 5.11. The summed E-state index contributed by atoms with van der Waals surface area (Å²) >= 11 is 0. The minimum absolute atomic E-state index is 0.121. The van der Waals surface area contributed by atoms with Gasteiger partial charge in [-0.05, 0) is 7.05 Å². The largest absolute Gasteiger partial charge is 0.381 e. The van der Waals surface area contributed by atoms with Crippen LogP contribution in [0, 0.1) is 18.3 Å². The van der Waals surface area contributed by atoms with Crippen molar-refractivity contribution in [3.05, 3.63) is 0 Å². The van der Waals surface area contributed by atoms with Gasteiger partial charge in [0.2, 0.25) is 0 Å². The normalized spacial score (nSPS) is 44.1. The fourth-order valence-corrected chi connectivity index (χ4v) is 2.45. The minimum atomic E-state index is -0.171. The monoisotopic (exact) mass is 195 g/mol. The van der Waals surface area contributed by atoms with Gasteiger partial charge in [0, 0.05) is 12.3 Å². The molecule has 0 amide bonds. The van der Waals surface area contributed by atoms with E-state index in [0.717, 1.165) is 19.6 Å². The van der Waals surface area contributed by atoms with E-state index >= 15 is 0 Å². The van der Waals surface area contributed by atoms with Crippen LogP contribution in [-0.4, -0.2) is 43.5 Å². The molecule has 0 N–H and O–H groups in total. The van der Waals surface area contributed by atoms with Gasteiger partial charge in [-0.1, -0.05) is 12.8 Å². The average molecular weight is 195 g/mol. The van der Waals surface area contributed by atoms with Crippen LogP contribution in [0.5, 0.6) is 0 Å². The number of hydrogen-bond donors (Lipinski definition) is 0. The maximum atomic E-state index is 5.91. The highest BCUT2D eigenvalue weighted by molar-refractivity contribution is 5.07. The number of rotatable bonds is 0. The van der Waals surface area contributed by atoms with Gasteiger partial charge in [-0.2, -0.15) is 0 Å². The van der Waals surface area contributed by atoms with Crippen molar-refractivity contribution in [2.24, 2.45) is 5.92 Å². The fraction of sp³-hybridized carbons (Fsp3) is 0.818. The fourth-order valence-electron chi connectivity index (χ4n) is 2.45. The molecule has 2 fully saturated rings. The Kier molecular flexibility index (Phi) is 2.52. The second-order valence-electron chi connectivity index (χ2n) is 4.18. The van der Waals surface area contributed by atoms with Gasteiger partial charge in [0.25, 0.3) is 0 Å². The molecule has 0 saturated carbocycles. The van der Waals surface area contributed by atoms with Gasteiger partial charge in [-0.15, -0.1) is 6.42 Å². The first kappa shape index (κ1) is 9.97. The third kappa shape index (κ3) is 1.26. The van der Waals surface area contributed by atoms with Gasteiger partial charge in [0.15, 0.2) is 0 Å². The molecule has 0 bridgehead atoms. The van der Waals surface area contributed by atoms with Gasteiger partial charge >= 0.3 is 0 Å². The van der Waals surface area contributed by atoms with E-state index < -0.39 is 0 Å². The molecule has 0 aromatic heterocycles. The summed E-state index contributed by atoms with van der Waals surface area (Å²) in [5, 5.41) is 0. The van der Waals surface area contributed by atoms with Crippen molar-refractivity contribution in [3.63, 3.8) is 0 Å². The molecule has 3 heteroatoms. The standard InChI is InChI=1S/C11H17NO2/c1-4-10-8-14-11(12(10)3)5-6-13-7-9(11)2/h1,9-10H,5-8H2,2-3H3/t9-,10+,11-/m0/s1. The van der Waals surface area contributed by atoms with Crippen LogP contribution >= 0.6 is 0 Å². The molecule has 78 valence electrons. The molecule has 0 aromatic carbocycles. The van der Waals surface area contributed by atoms with Crippen LogP contribution < -0.4 is 0 Å². The molecule has 2 aliphatic rings. The number of likely N-dealkylation sites (N-methyl/N-ethyl adjacent to an activating group) is 1. The number of ether oxygens (including phenoxy) is 2. The van der Waals surface area contributed by atoms with Crippen LogP contribution in [0.2, 0.25) is 0 Å². The molecular formula is C11H17NO2. The van der Waals surface area contributed by atoms with Crippen molar-refractivity contribution in [3.8, 4) is 12.3 Å². The Morgan fingerprint density at radius 1 is 1.50 bits per heavy atom. The highest BCUT2D eigenvalue weighted by atomic mass is 16.5. The Morgan fingerprint density at radius 3 is 2.86 bits per heavy atom. The van der Waals surface area contributed by atoms with E-state index in [2.05, 4.69) is 24.8 Å². The number of hydrogen-bond acceptors (Lipinski definition) is 3. The Balaban J connectivity index is 2.19. The zero-order valence-corrected chi connectivity index (χ0v) is 8.82. The summed E-state index contributed by atoms with van der Waals surface area (Å²) in [5.41, 5.74) is -0.171. The van der Waals surface area contributed by atoms with Gasteiger partial charge in [-0.3, -0.25) is 4.90 Å². The first-order chi connectivity index (χ1) is 6.70. The van der Waals surface area contributed by atoms with Gasteiger partial charge in [0.05, 0.1) is 25.9 Å². The third-order valence-electron chi connectivity index (χ3n) is 3.49. The second kappa shape index (κ2) is 3.54. The lowest BCUT2D eigenvalue weighted by atomic mass is 9.91. The van der Waals surface area contributed by atoms with Crippen molar-refractivity contribution < 1.29 is 9.47 Å². The zero-order chi connectivity index (χ0) is 10.2. The summed E-state index contributed by atoms with van der Waals surface area (Å²) in [7, 11) is 2.05. The van der Waals surface area contributed by atoms with E-state index in [4.69, 9.17) is 15.9 Å². The van der Waals surface area contributed by atoms with Crippen LogP contribution in [0.15, 0.2) is 0 Å². The van der Waals surface area contributed by atoms with Crippen molar-refractivity contribution in [2.75, 3.05) is 26.9 Å². The lowest BCUT2D eigenvalue weighted by Gasteiger charge is -2.43. The number of terminal acetylenes is 1. The van der Waals surface area contributed by atoms with Crippen molar-refractivity contribution in [1.82, 2.24) is 4.90 Å². The maximum Gasteiger partial charge on any atom is 0.129 e. The van der Waals surface area contributed by atoms with Crippen molar-refractivity contribution in [1.29, 1.82) is 0 Å². The molecule has 0 radical (unpaired) electrons. The van der Waals surface area contributed by atoms with Gasteiger partial charge < -0.3 is 9.47 Å². The van der Waals surface area contributed by atoms with Crippen molar-refractivity contribution in [2.45, 2.75) is 25.1 Å². The summed E-state index contributed by atoms with van der Waals surface area (Å²) < 4.78 is 11.3. The molecule has 0 unspecified atom stereocenters. The van der Waals surface area contributed by atoms with Crippen molar-refractivity contribution >= 4 is 0 Å². The molecule has 2 heterocycles. The first-order valence-electron chi connectivity index (χ1n) is 5.11. The zero-order valence-electron chi connectivity index (χ0n) is 8.82. The molecule has 0 aromatic rings. The molecule has 2 rings (SSSR count).